The smallest absolute Gasteiger partial charge is 0.340 e. The van der Waals surface area contributed by atoms with Crippen LogP contribution in [0.3, 0.4) is 0 Å². The lowest BCUT2D eigenvalue weighted by molar-refractivity contribution is 0.0527. The number of hydrogen-bond donors (Lipinski definition) is 1. The summed E-state index contributed by atoms with van der Waals surface area (Å²) >= 11 is 12.5. The third kappa shape index (κ3) is 4.56. The van der Waals surface area contributed by atoms with E-state index in [0.29, 0.717) is 49.0 Å². The van der Waals surface area contributed by atoms with Crippen LogP contribution in [0.15, 0.2) is 66.7 Å². The quantitative estimate of drug-likeness (QED) is 0.315. The molecule has 3 aromatic carbocycles. The second-order valence-electron chi connectivity index (χ2n) is 7.32. The largest absolute Gasteiger partial charge is 0.462 e. The van der Waals surface area contributed by atoms with E-state index in [0.717, 1.165) is 0 Å². The van der Waals surface area contributed by atoms with Crippen molar-refractivity contribution in [3.05, 3.63) is 93.5 Å². The van der Waals surface area contributed by atoms with E-state index < -0.39 is 5.97 Å². The second kappa shape index (κ2) is 9.61. The molecular weight excluding hydrogens is 459 g/mol. The standard InChI is InChI=1S/C26H20Cl2N2O3/c1-3-33-26(32)19-9-5-7-11-22(19)30-25(31)23-15(2)24(17-13-12-16(27)14-20(17)28)29-21-10-6-4-8-18(21)23/h4-14H,3H2,1-2H3,(H,30,31). The van der Waals surface area contributed by atoms with Gasteiger partial charge in [-0.15, -0.1) is 0 Å². The van der Waals surface area contributed by atoms with Gasteiger partial charge in [0.25, 0.3) is 5.91 Å². The molecule has 0 radical (unpaired) electrons. The van der Waals surface area contributed by atoms with E-state index >= 15 is 0 Å². The molecule has 0 saturated heterocycles. The number of benzene rings is 3. The van der Waals surface area contributed by atoms with Gasteiger partial charge < -0.3 is 10.1 Å². The molecular formula is C26H20Cl2N2O3. The van der Waals surface area contributed by atoms with Gasteiger partial charge in [0.2, 0.25) is 0 Å². The molecule has 166 valence electrons. The Labute approximate surface area is 201 Å². The zero-order chi connectivity index (χ0) is 23.5. The number of esters is 1. The predicted molar refractivity (Wildman–Crippen MR) is 132 cm³/mol. The van der Waals surface area contributed by atoms with Gasteiger partial charge in [0, 0.05) is 16.0 Å². The monoisotopic (exact) mass is 478 g/mol. The Morgan fingerprint density at radius 1 is 1.00 bits per heavy atom. The number of pyridine rings is 1. The van der Waals surface area contributed by atoms with Gasteiger partial charge in [0.05, 0.1) is 39.7 Å². The summed E-state index contributed by atoms with van der Waals surface area (Å²) in [7, 11) is 0. The number of aromatic nitrogens is 1. The number of carbonyl (C=O) groups is 2. The summed E-state index contributed by atoms with van der Waals surface area (Å²) in [4.78, 5) is 30.7. The summed E-state index contributed by atoms with van der Waals surface area (Å²) in [5.74, 6) is -0.868. The molecule has 0 saturated carbocycles. The van der Waals surface area contributed by atoms with Crippen molar-refractivity contribution in [1.29, 1.82) is 0 Å². The summed E-state index contributed by atoms with van der Waals surface area (Å²) in [6.45, 7) is 3.79. The number of fused-ring (bicyclic) bond motifs is 1. The van der Waals surface area contributed by atoms with Crippen molar-refractivity contribution >= 4 is 51.7 Å². The van der Waals surface area contributed by atoms with Crippen molar-refractivity contribution in [3.8, 4) is 11.3 Å². The molecule has 0 aliphatic rings. The molecule has 0 aliphatic heterocycles. The molecule has 4 rings (SSSR count). The number of carbonyl (C=O) groups excluding carboxylic acids is 2. The Kier molecular flexibility index (Phi) is 6.63. The van der Waals surface area contributed by atoms with Crippen molar-refractivity contribution in [1.82, 2.24) is 4.98 Å². The highest BCUT2D eigenvalue weighted by molar-refractivity contribution is 6.36. The van der Waals surface area contributed by atoms with Gasteiger partial charge in [-0.25, -0.2) is 9.78 Å². The van der Waals surface area contributed by atoms with Gasteiger partial charge in [0.1, 0.15) is 0 Å². The maximum atomic E-state index is 13.6. The normalized spacial score (nSPS) is 10.8. The first-order chi connectivity index (χ1) is 15.9. The number of rotatable bonds is 5. The number of para-hydroxylation sites is 2. The number of amides is 1. The van der Waals surface area contributed by atoms with E-state index in [1.807, 2.05) is 31.2 Å². The molecule has 7 heteroatoms. The van der Waals surface area contributed by atoms with E-state index in [1.165, 1.54) is 0 Å². The molecule has 1 N–H and O–H groups in total. The highest BCUT2D eigenvalue weighted by Gasteiger charge is 2.22. The Balaban J connectivity index is 1.85. The SMILES string of the molecule is CCOC(=O)c1ccccc1NC(=O)c1c(C)c(-c2ccc(Cl)cc2Cl)nc2ccccc12. The molecule has 0 bridgehead atoms. The lowest BCUT2D eigenvalue weighted by atomic mass is 9.97. The van der Waals surface area contributed by atoms with Crippen molar-refractivity contribution in [2.75, 3.05) is 11.9 Å². The van der Waals surface area contributed by atoms with Crippen LogP contribution in [-0.4, -0.2) is 23.5 Å². The Morgan fingerprint density at radius 2 is 1.73 bits per heavy atom. The molecule has 5 nitrogen and oxygen atoms in total. The fourth-order valence-electron chi connectivity index (χ4n) is 3.71. The van der Waals surface area contributed by atoms with E-state index in [1.54, 1.807) is 49.4 Å². The molecule has 0 unspecified atom stereocenters. The topological polar surface area (TPSA) is 68.3 Å². The van der Waals surface area contributed by atoms with Crippen LogP contribution in [0.25, 0.3) is 22.2 Å². The van der Waals surface area contributed by atoms with Gasteiger partial charge in [-0.3, -0.25) is 4.79 Å². The lowest BCUT2D eigenvalue weighted by Crippen LogP contribution is -2.18. The first-order valence-corrected chi connectivity index (χ1v) is 11.1. The molecule has 1 heterocycles. The number of nitrogens with zero attached hydrogens (tertiary/aromatic N) is 1. The summed E-state index contributed by atoms with van der Waals surface area (Å²) in [6, 6.07) is 19.3. The fourth-order valence-corrected chi connectivity index (χ4v) is 4.21. The highest BCUT2D eigenvalue weighted by Crippen LogP contribution is 2.35. The van der Waals surface area contributed by atoms with Crippen LogP contribution in [0.4, 0.5) is 5.69 Å². The van der Waals surface area contributed by atoms with Crippen LogP contribution in [0.5, 0.6) is 0 Å². The van der Waals surface area contributed by atoms with Crippen LogP contribution in [0.2, 0.25) is 10.0 Å². The Morgan fingerprint density at radius 3 is 2.48 bits per heavy atom. The molecule has 0 fully saturated rings. The second-order valence-corrected chi connectivity index (χ2v) is 8.17. The van der Waals surface area contributed by atoms with Crippen molar-refractivity contribution in [2.24, 2.45) is 0 Å². The van der Waals surface area contributed by atoms with Crippen LogP contribution < -0.4 is 5.32 Å². The third-order valence-electron chi connectivity index (χ3n) is 5.22. The average Bonchev–Trinajstić information content (AvgIpc) is 2.79. The van der Waals surface area contributed by atoms with Crippen LogP contribution >= 0.6 is 23.2 Å². The zero-order valence-electron chi connectivity index (χ0n) is 18.0. The van der Waals surface area contributed by atoms with E-state index in [2.05, 4.69) is 5.32 Å². The molecule has 33 heavy (non-hydrogen) atoms. The van der Waals surface area contributed by atoms with Crippen molar-refractivity contribution in [2.45, 2.75) is 13.8 Å². The number of halogens is 2. The van der Waals surface area contributed by atoms with Gasteiger partial charge in [-0.05, 0) is 55.8 Å². The Hall–Kier alpha value is -3.41. The fraction of sp³-hybridized carbons (Fsp3) is 0.115. The minimum absolute atomic E-state index is 0.237. The van der Waals surface area contributed by atoms with Gasteiger partial charge in [0.15, 0.2) is 0 Å². The first kappa shape index (κ1) is 22.8. The lowest BCUT2D eigenvalue weighted by Gasteiger charge is -2.16. The Bertz CT molecular complexity index is 1390. The van der Waals surface area contributed by atoms with Crippen molar-refractivity contribution in [3.63, 3.8) is 0 Å². The highest BCUT2D eigenvalue weighted by atomic mass is 35.5. The molecule has 1 aromatic heterocycles. The zero-order valence-corrected chi connectivity index (χ0v) is 19.5. The maximum Gasteiger partial charge on any atom is 0.340 e. The van der Waals surface area contributed by atoms with Crippen LogP contribution in [0, 0.1) is 6.92 Å². The number of hydrogen-bond acceptors (Lipinski definition) is 4. The summed E-state index contributed by atoms with van der Waals surface area (Å²) < 4.78 is 5.12. The number of anilines is 1. The van der Waals surface area contributed by atoms with Crippen LogP contribution in [0.1, 0.15) is 33.2 Å². The molecule has 0 aliphatic carbocycles. The summed E-state index contributed by atoms with van der Waals surface area (Å²) in [5.41, 5.74) is 3.65. The van der Waals surface area contributed by atoms with Gasteiger partial charge in [-0.2, -0.15) is 0 Å². The number of nitrogens with one attached hydrogen (secondary N) is 1. The third-order valence-corrected chi connectivity index (χ3v) is 5.77. The molecule has 4 aromatic rings. The van der Waals surface area contributed by atoms with E-state index in [-0.39, 0.29) is 18.1 Å². The molecule has 0 atom stereocenters. The number of ether oxygens (including phenoxy) is 1. The molecule has 1 amide bonds. The van der Waals surface area contributed by atoms with Gasteiger partial charge in [-0.1, -0.05) is 53.5 Å². The van der Waals surface area contributed by atoms with E-state index in [4.69, 9.17) is 32.9 Å². The van der Waals surface area contributed by atoms with Gasteiger partial charge >= 0.3 is 5.97 Å². The van der Waals surface area contributed by atoms with Crippen LogP contribution in [-0.2, 0) is 4.74 Å². The minimum Gasteiger partial charge on any atom is -0.462 e. The van der Waals surface area contributed by atoms with Crippen molar-refractivity contribution < 1.29 is 14.3 Å². The summed E-state index contributed by atoms with van der Waals surface area (Å²) in [5, 5.41) is 4.52. The van der Waals surface area contributed by atoms with E-state index in [9.17, 15) is 9.59 Å². The minimum atomic E-state index is -0.502. The first-order valence-electron chi connectivity index (χ1n) is 10.3. The predicted octanol–water partition coefficient (Wildman–Crippen LogP) is 6.95. The average molecular weight is 479 g/mol. The molecule has 0 spiro atoms. The summed E-state index contributed by atoms with van der Waals surface area (Å²) in [6.07, 6.45) is 0. The maximum absolute atomic E-state index is 13.6.